The third-order valence-corrected chi connectivity index (χ3v) is 5.11. The number of nitrogens with one attached hydrogen (secondary N) is 1. The monoisotopic (exact) mass is 422 g/mol. The van der Waals surface area contributed by atoms with E-state index in [9.17, 15) is 14.4 Å². The summed E-state index contributed by atoms with van der Waals surface area (Å²) in [7, 11) is 0. The Bertz CT molecular complexity index is 1170. The maximum Gasteiger partial charge on any atom is 0.306 e. The number of benzene rings is 1. The lowest BCUT2D eigenvalue weighted by atomic mass is 10.1. The van der Waals surface area contributed by atoms with Crippen molar-refractivity contribution in [2.75, 3.05) is 5.32 Å². The van der Waals surface area contributed by atoms with Gasteiger partial charge >= 0.3 is 5.97 Å². The molecule has 3 aromatic rings. The number of hydrogen-bond donors (Lipinski definition) is 1. The van der Waals surface area contributed by atoms with E-state index in [0.29, 0.717) is 17.7 Å². The first-order valence-corrected chi connectivity index (χ1v) is 10.1. The number of carbonyl (C=O) groups excluding carboxylic acids is 3. The maximum atomic E-state index is 12.4. The molecule has 0 saturated heterocycles. The van der Waals surface area contributed by atoms with E-state index in [1.165, 1.54) is 13.8 Å². The Morgan fingerprint density at radius 3 is 2.58 bits per heavy atom. The fourth-order valence-electron chi connectivity index (χ4n) is 3.47. The number of rotatable bonds is 7. The van der Waals surface area contributed by atoms with E-state index in [2.05, 4.69) is 15.4 Å². The summed E-state index contributed by atoms with van der Waals surface area (Å²) in [5.41, 5.74) is 5.13. The lowest BCUT2D eigenvalue weighted by molar-refractivity contribution is -0.153. The van der Waals surface area contributed by atoms with Crippen LogP contribution in [0.15, 0.2) is 30.3 Å². The molecule has 0 saturated carbocycles. The molecule has 162 valence electrons. The molecular formula is C23H26N4O4. The average Bonchev–Trinajstić information content (AvgIpc) is 3.08. The molecule has 1 aromatic carbocycles. The Labute approximate surface area is 180 Å². The van der Waals surface area contributed by atoms with Crippen LogP contribution in [-0.4, -0.2) is 38.4 Å². The molecule has 8 heteroatoms. The van der Waals surface area contributed by atoms with Gasteiger partial charge in [-0.2, -0.15) is 5.10 Å². The van der Waals surface area contributed by atoms with Gasteiger partial charge < -0.3 is 10.1 Å². The van der Waals surface area contributed by atoms with Gasteiger partial charge in [0.2, 0.25) is 0 Å². The highest BCUT2D eigenvalue weighted by molar-refractivity contribution is 6.04. The molecule has 2 heterocycles. The minimum atomic E-state index is -0.996. The maximum absolute atomic E-state index is 12.4. The van der Waals surface area contributed by atoms with E-state index >= 15 is 0 Å². The van der Waals surface area contributed by atoms with Gasteiger partial charge in [0, 0.05) is 29.4 Å². The highest BCUT2D eigenvalue weighted by Crippen LogP contribution is 2.18. The number of para-hydroxylation sites is 1. The van der Waals surface area contributed by atoms with Gasteiger partial charge in [-0.15, -0.1) is 0 Å². The van der Waals surface area contributed by atoms with Crippen molar-refractivity contribution >= 4 is 29.0 Å². The van der Waals surface area contributed by atoms with Crippen molar-refractivity contribution in [3.8, 4) is 0 Å². The van der Waals surface area contributed by atoms with Gasteiger partial charge in [0.25, 0.3) is 5.91 Å². The van der Waals surface area contributed by atoms with E-state index in [1.54, 1.807) is 28.8 Å². The van der Waals surface area contributed by atoms with Crippen LogP contribution in [0.1, 0.15) is 53.3 Å². The van der Waals surface area contributed by atoms with E-state index in [1.807, 2.05) is 26.8 Å². The standard InChI is InChI=1S/C23H26N4O4/c1-13-12-21-24-14(2)18(15(3)27(21)26-13)10-11-22(29)31-17(5)23(30)25-20-9-7-6-8-19(20)16(4)28/h6-9,12,17H,10-11H2,1-5H3,(H,25,30)/t17-/m0/s1. The highest BCUT2D eigenvalue weighted by atomic mass is 16.5. The number of ether oxygens (including phenoxy) is 1. The number of aromatic nitrogens is 3. The number of anilines is 1. The van der Waals surface area contributed by atoms with Crippen LogP contribution in [0.3, 0.4) is 0 Å². The minimum Gasteiger partial charge on any atom is -0.453 e. The summed E-state index contributed by atoms with van der Waals surface area (Å²) in [5.74, 6) is -1.15. The lowest BCUT2D eigenvalue weighted by Crippen LogP contribution is -2.30. The van der Waals surface area contributed by atoms with Gasteiger partial charge in [0.15, 0.2) is 17.5 Å². The zero-order valence-corrected chi connectivity index (χ0v) is 18.4. The molecule has 1 atom stereocenters. The normalized spacial score (nSPS) is 11.9. The molecule has 0 radical (unpaired) electrons. The van der Waals surface area contributed by atoms with Gasteiger partial charge in [0.1, 0.15) is 0 Å². The molecule has 0 bridgehead atoms. The summed E-state index contributed by atoms with van der Waals surface area (Å²) in [6.45, 7) is 8.67. The van der Waals surface area contributed by atoms with Crippen molar-refractivity contribution in [1.82, 2.24) is 14.6 Å². The Hall–Kier alpha value is -3.55. The largest absolute Gasteiger partial charge is 0.453 e. The number of ketones is 1. The average molecular weight is 422 g/mol. The number of amides is 1. The number of fused-ring (bicyclic) bond motifs is 1. The van der Waals surface area contributed by atoms with Crippen LogP contribution in [0.2, 0.25) is 0 Å². The molecule has 0 aliphatic heterocycles. The summed E-state index contributed by atoms with van der Waals surface area (Å²) in [4.78, 5) is 41.0. The molecule has 0 aliphatic carbocycles. The summed E-state index contributed by atoms with van der Waals surface area (Å²) < 4.78 is 7.07. The number of carbonyl (C=O) groups is 3. The second-order valence-electron chi connectivity index (χ2n) is 7.54. The van der Waals surface area contributed by atoms with E-state index in [-0.39, 0.29) is 12.2 Å². The van der Waals surface area contributed by atoms with Crippen LogP contribution in [0, 0.1) is 20.8 Å². The number of aryl methyl sites for hydroxylation is 3. The van der Waals surface area contributed by atoms with Crippen molar-refractivity contribution in [3.05, 3.63) is 58.5 Å². The molecule has 8 nitrogen and oxygen atoms in total. The Morgan fingerprint density at radius 1 is 1.16 bits per heavy atom. The molecule has 3 rings (SSSR count). The fraction of sp³-hybridized carbons (Fsp3) is 0.348. The van der Waals surface area contributed by atoms with Gasteiger partial charge in [-0.05, 0) is 58.7 Å². The minimum absolute atomic E-state index is 0.108. The number of Topliss-reactive ketones (excluding diaryl/α,β-unsaturated/α-hetero) is 1. The molecular weight excluding hydrogens is 396 g/mol. The van der Waals surface area contributed by atoms with Crippen molar-refractivity contribution < 1.29 is 19.1 Å². The van der Waals surface area contributed by atoms with E-state index in [4.69, 9.17) is 4.74 Å². The van der Waals surface area contributed by atoms with Gasteiger partial charge in [-0.25, -0.2) is 9.50 Å². The van der Waals surface area contributed by atoms with Gasteiger partial charge in [-0.3, -0.25) is 14.4 Å². The van der Waals surface area contributed by atoms with Crippen LogP contribution in [0.4, 0.5) is 5.69 Å². The quantitative estimate of drug-likeness (QED) is 0.463. The first-order chi connectivity index (χ1) is 14.7. The fourth-order valence-corrected chi connectivity index (χ4v) is 3.47. The van der Waals surface area contributed by atoms with Crippen molar-refractivity contribution in [1.29, 1.82) is 0 Å². The van der Waals surface area contributed by atoms with Crippen LogP contribution < -0.4 is 5.32 Å². The van der Waals surface area contributed by atoms with Crippen molar-refractivity contribution in [2.24, 2.45) is 0 Å². The lowest BCUT2D eigenvalue weighted by Gasteiger charge is -2.15. The Kier molecular flexibility index (Phi) is 6.48. The van der Waals surface area contributed by atoms with Crippen LogP contribution in [0.25, 0.3) is 5.65 Å². The third-order valence-electron chi connectivity index (χ3n) is 5.11. The predicted molar refractivity (Wildman–Crippen MR) is 116 cm³/mol. The SMILES string of the molecule is CC(=O)c1ccccc1NC(=O)[C@H](C)OC(=O)CCc1c(C)nc2cc(C)nn2c1C. The van der Waals surface area contributed by atoms with Crippen molar-refractivity contribution in [2.45, 2.75) is 53.6 Å². The van der Waals surface area contributed by atoms with E-state index in [0.717, 1.165) is 28.3 Å². The van der Waals surface area contributed by atoms with E-state index < -0.39 is 18.0 Å². The third kappa shape index (κ3) is 4.96. The van der Waals surface area contributed by atoms with Gasteiger partial charge in [-0.1, -0.05) is 12.1 Å². The molecule has 1 N–H and O–H groups in total. The molecule has 1 amide bonds. The zero-order chi connectivity index (χ0) is 22.7. The zero-order valence-electron chi connectivity index (χ0n) is 18.4. The molecule has 2 aromatic heterocycles. The summed E-state index contributed by atoms with van der Waals surface area (Å²) in [6.07, 6.45) is -0.458. The number of nitrogens with zero attached hydrogens (tertiary/aromatic N) is 3. The number of esters is 1. The molecule has 31 heavy (non-hydrogen) atoms. The molecule has 0 fully saturated rings. The molecule has 0 spiro atoms. The Morgan fingerprint density at radius 2 is 1.87 bits per heavy atom. The summed E-state index contributed by atoms with van der Waals surface area (Å²) in [6, 6.07) is 8.61. The topological polar surface area (TPSA) is 103 Å². The van der Waals surface area contributed by atoms with Crippen LogP contribution in [0.5, 0.6) is 0 Å². The second kappa shape index (κ2) is 9.07. The van der Waals surface area contributed by atoms with Crippen LogP contribution in [-0.2, 0) is 20.7 Å². The smallest absolute Gasteiger partial charge is 0.306 e. The van der Waals surface area contributed by atoms with Crippen molar-refractivity contribution in [3.63, 3.8) is 0 Å². The Balaban J connectivity index is 1.62. The summed E-state index contributed by atoms with van der Waals surface area (Å²) >= 11 is 0. The number of hydrogen-bond acceptors (Lipinski definition) is 6. The predicted octanol–water partition coefficient (Wildman–Crippen LogP) is 3.36. The molecule has 0 unspecified atom stereocenters. The summed E-state index contributed by atoms with van der Waals surface area (Å²) in [5, 5.41) is 7.09. The van der Waals surface area contributed by atoms with Crippen LogP contribution >= 0.6 is 0 Å². The first-order valence-electron chi connectivity index (χ1n) is 10.1. The van der Waals surface area contributed by atoms with Gasteiger partial charge in [0.05, 0.1) is 11.4 Å². The highest BCUT2D eigenvalue weighted by Gasteiger charge is 2.20. The second-order valence-corrected chi connectivity index (χ2v) is 7.54. The molecule has 0 aliphatic rings. The first kappa shape index (κ1) is 22.1.